The smallest absolute Gasteiger partial charge is 0.358 e. The number of aromatic nitrogens is 2. The van der Waals surface area contributed by atoms with Gasteiger partial charge in [-0.25, -0.2) is 4.79 Å². The molecule has 166 valence electrons. The molecule has 0 bridgehead atoms. The fourth-order valence-corrected chi connectivity index (χ4v) is 3.67. The first-order valence-electron chi connectivity index (χ1n) is 10.3. The molecule has 0 saturated heterocycles. The Balaban J connectivity index is 2.02. The van der Waals surface area contributed by atoms with E-state index in [1.807, 2.05) is 0 Å². The summed E-state index contributed by atoms with van der Waals surface area (Å²) in [6.45, 7) is 8.31. The minimum absolute atomic E-state index is 0.0331. The van der Waals surface area contributed by atoms with Crippen molar-refractivity contribution in [2.45, 2.75) is 46.2 Å². The van der Waals surface area contributed by atoms with Gasteiger partial charge < -0.3 is 10.1 Å². The first-order valence-corrected chi connectivity index (χ1v) is 10.7. The number of nitrogens with one attached hydrogen (secondary N) is 1. The minimum atomic E-state index is -1.26. The van der Waals surface area contributed by atoms with E-state index in [1.165, 1.54) is 15.6 Å². The molecular formula is C22H27ClN4O4. The summed E-state index contributed by atoms with van der Waals surface area (Å²) >= 11 is 6.02. The molecule has 1 aromatic carbocycles. The number of carbonyl (C=O) groups is 3. The predicted octanol–water partition coefficient (Wildman–Crippen LogP) is 3.29. The summed E-state index contributed by atoms with van der Waals surface area (Å²) < 4.78 is 6.41. The Morgan fingerprint density at radius 3 is 2.58 bits per heavy atom. The van der Waals surface area contributed by atoms with Crippen molar-refractivity contribution in [3.05, 3.63) is 46.7 Å². The molecule has 0 saturated carbocycles. The zero-order chi connectivity index (χ0) is 22.8. The highest BCUT2D eigenvalue weighted by molar-refractivity contribution is 6.30. The van der Waals surface area contributed by atoms with Crippen LogP contribution < -0.4 is 10.2 Å². The molecule has 2 amide bonds. The molecule has 0 aliphatic carbocycles. The number of benzene rings is 1. The predicted molar refractivity (Wildman–Crippen MR) is 117 cm³/mol. The van der Waals surface area contributed by atoms with Crippen molar-refractivity contribution >= 4 is 35.1 Å². The van der Waals surface area contributed by atoms with Crippen molar-refractivity contribution in [3.8, 4) is 0 Å². The number of rotatable bonds is 7. The fraction of sp³-hybridized carbons (Fsp3) is 0.455. The second-order valence-electron chi connectivity index (χ2n) is 8.12. The largest absolute Gasteiger partial charge is 0.461 e. The Morgan fingerprint density at radius 1 is 1.29 bits per heavy atom. The summed E-state index contributed by atoms with van der Waals surface area (Å²) in [7, 11) is 0. The highest BCUT2D eigenvalue weighted by Crippen LogP contribution is 2.33. The Hall–Kier alpha value is -2.87. The van der Waals surface area contributed by atoms with Gasteiger partial charge in [0, 0.05) is 23.3 Å². The molecule has 1 aromatic heterocycles. The van der Waals surface area contributed by atoms with Gasteiger partial charge in [0.1, 0.15) is 11.2 Å². The zero-order valence-corrected chi connectivity index (χ0v) is 18.9. The summed E-state index contributed by atoms with van der Waals surface area (Å²) in [5, 5.41) is 7.71. The monoisotopic (exact) mass is 446 g/mol. The highest BCUT2D eigenvalue weighted by atomic mass is 35.5. The molecule has 3 rings (SSSR count). The Labute approximate surface area is 186 Å². The van der Waals surface area contributed by atoms with E-state index in [1.54, 1.807) is 38.1 Å². The van der Waals surface area contributed by atoms with E-state index < -0.39 is 17.4 Å². The lowest BCUT2D eigenvalue weighted by Gasteiger charge is -2.43. The third kappa shape index (κ3) is 4.58. The molecule has 2 aromatic rings. The first-order chi connectivity index (χ1) is 14.7. The van der Waals surface area contributed by atoms with Crippen molar-refractivity contribution in [2.75, 3.05) is 18.1 Å². The van der Waals surface area contributed by atoms with Crippen LogP contribution in [0.15, 0.2) is 30.3 Å². The Bertz CT molecular complexity index is 986. The second-order valence-corrected chi connectivity index (χ2v) is 8.56. The van der Waals surface area contributed by atoms with E-state index in [0.29, 0.717) is 23.2 Å². The van der Waals surface area contributed by atoms with Crippen LogP contribution in [0, 0.1) is 5.92 Å². The fourth-order valence-electron chi connectivity index (χ4n) is 3.55. The molecule has 0 fully saturated rings. The quantitative estimate of drug-likeness (QED) is 0.658. The molecule has 1 aliphatic heterocycles. The van der Waals surface area contributed by atoms with Crippen LogP contribution in [0.5, 0.6) is 0 Å². The second kappa shape index (κ2) is 9.09. The summed E-state index contributed by atoms with van der Waals surface area (Å²) in [6, 6.07) is 8.12. The van der Waals surface area contributed by atoms with Gasteiger partial charge in [0.05, 0.1) is 13.2 Å². The lowest BCUT2D eigenvalue weighted by Crippen LogP contribution is -2.64. The van der Waals surface area contributed by atoms with Crippen molar-refractivity contribution in [1.82, 2.24) is 15.1 Å². The van der Waals surface area contributed by atoms with Crippen LogP contribution in [0.2, 0.25) is 5.02 Å². The third-order valence-electron chi connectivity index (χ3n) is 5.22. The number of esters is 1. The number of hydrogen-bond acceptors (Lipinski definition) is 5. The van der Waals surface area contributed by atoms with E-state index in [-0.39, 0.29) is 30.4 Å². The highest BCUT2D eigenvalue weighted by Gasteiger charge is 2.49. The van der Waals surface area contributed by atoms with Crippen LogP contribution in [0.1, 0.15) is 55.1 Å². The van der Waals surface area contributed by atoms with Crippen LogP contribution in [0.3, 0.4) is 0 Å². The van der Waals surface area contributed by atoms with Gasteiger partial charge in [-0.2, -0.15) is 5.10 Å². The van der Waals surface area contributed by atoms with Gasteiger partial charge >= 0.3 is 5.97 Å². The van der Waals surface area contributed by atoms with E-state index in [9.17, 15) is 14.4 Å². The van der Waals surface area contributed by atoms with Crippen LogP contribution >= 0.6 is 11.6 Å². The molecule has 2 heterocycles. The summed E-state index contributed by atoms with van der Waals surface area (Å²) in [4.78, 5) is 40.4. The van der Waals surface area contributed by atoms with Gasteiger partial charge in [0.15, 0.2) is 5.69 Å². The summed E-state index contributed by atoms with van der Waals surface area (Å²) in [5.41, 5.74) is -0.482. The Morgan fingerprint density at radius 2 is 1.97 bits per heavy atom. The maximum Gasteiger partial charge on any atom is 0.358 e. The first kappa shape index (κ1) is 22.8. The average Bonchev–Trinajstić information content (AvgIpc) is 3.13. The van der Waals surface area contributed by atoms with Crippen LogP contribution in [0.4, 0.5) is 5.69 Å². The zero-order valence-electron chi connectivity index (χ0n) is 18.1. The van der Waals surface area contributed by atoms with Gasteiger partial charge in [-0.1, -0.05) is 25.4 Å². The number of ether oxygens (including phenoxy) is 1. The van der Waals surface area contributed by atoms with Crippen molar-refractivity contribution in [1.29, 1.82) is 0 Å². The molecule has 0 radical (unpaired) electrons. The van der Waals surface area contributed by atoms with E-state index >= 15 is 0 Å². The van der Waals surface area contributed by atoms with E-state index in [2.05, 4.69) is 24.3 Å². The minimum Gasteiger partial charge on any atom is -0.461 e. The molecule has 9 heteroatoms. The number of anilines is 1. The molecule has 8 nitrogen and oxygen atoms in total. The van der Waals surface area contributed by atoms with Crippen LogP contribution in [0.25, 0.3) is 0 Å². The third-order valence-corrected chi connectivity index (χ3v) is 5.47. The van der Waals surface area contributed by atoms with Gasteiger partial charge in [-0.15, -0.1) is 0 Å². The molecule has 1 aliphatic rings. The number of halogens is 1. The van der Waals surface area contributed by atoms with Crippen molar-refractivity contribution < 1.29 is 19.1 Å². The maximum atomic E-state index is 13.5. The normalized spacial score (nSPS) is 18.1. The summed E-state index contributed by atoms with van der Waals surface area (Å²) in [5.74, 6) is -0.912. The van der Waals surface area contributed by atoms with Crippen molar-refractivity contribution in [3.63, 3.8) is 0 Å². The van der Waals surface area contributed by atoms with Crippen molar-refractivity contribution in [2.24, 2.45) is 5.92 Å². The number of fused-ring (bicyclic) bond motifs is 1. The average molecular weight is 447 g/mol. The number of amides is 2. The molecule has 0 spiro atoms. The molecule has 1 unspecified atom stereocenters. The van der Waals surface area contributed by atoms with Crippen LogP contribution in [-0.2, 0) is 16.1 Å². The van der Waals surface area contributed by atoms with E-state index in [0.717, 1.165) is 6.42 Å². The summed E-state index contributed by atoms with van der Waals surface area (Å²) in [6.07, 6.45) is 0.816. The number of carbonyl (C=O) groups excluding carboxylic acids is 3. The van der Waals surface area contributed by atoms with Crippen LogP contribution in [-0.4, -0.2) is 46.3 Å². The molecule has 1 atom stereocenters. The molecule has 1 N–H and O–H groups in total. The molecule has 31 heavy (non-hydrogen) atoms. The van der Waals surface area contributed by atoms with Gasteiger partial charge in [-0.3, -0.25) is 19.2 Å². The van der Waals surface area contributed by atoms with E-state index in [4.69, 9.17) is 16.3 Å². The van der Waals surface area contributed by atoms with Gasteiger partial charge in [0.25, 0.3) is 5.91 Å². The lowest BCUT2D eigenvalue weighted by molar-refractivity contribution is -0.126. The van der Waals surface area contributed by atoms with Gasteiger partial charge in [0.2, 0.25) is 5.91 Å². The maximum absolute atomic E-state index is 13.5. The standard InChI is InChI=1S/C22H27ClN4O4/c1-5-31-20(29)17-12-18-19(28)27(16-8-6-15(23)7-9-16)22(4,13-26(18)25-17)21(30)24-11-10-14(2)3/h6-9,12,14H,5,10-11,13H2,1-4H3,(H,24,30). The Kier molecular flexibility index (Phi) is 6.69. The lowest BCUT2D eigenvalue weighted by atomic mass is 9.93. The topological polar surface area (TPSA) is 93.5 Å². The van der Waals surface area contributed by atoms with Gasteiger partial charge in [-0.05, 0) is 50.5 Å². The molecular weight excluding hydrogens is 420 g/mol. The SMILES string of the molecule is CCOC(=O)c1cc2n(n1)CC(C)(C(=O)NCCC(C)C)N(c1ccc(Cl)cc1)C2=O. The number of hydrogen-bond donors (Lipinski definition) is 1. The number of nitrogens with zero attached hydrogens (tertiary/aromatic N) is 3.